The van der Waals surface area contributed by atoms with Crippen molar-refractivity contribution >= 4 is 23.4 Å². The number of aryl methyl sites for hydroxylation is 1. The van der Waals surface area contributed by atoms with Crippen LogP contribution in [0.3, 0.4) is 0 Å². The fraction of sp³-hybridized carbons (Fsp3) is 0.636. The minimum absolute atomic E-state index is 0.410. The van der Waals surface area contributed by atoms with Crippen LogP contribution in [-0.2, 0) is 0 Å². The molecule has 0 radical (unpaired) electrons. The standard InChI is InChI=1S/C11H20N4S/c1-4-16-6-5-8(2)13-11-7-10(12)14-9(3)15-11/h7-8H,4-6H2,1-3H3,(H3,12,13,14,15). The first kappa shape index (κ1) is 13.1. The first-order chi connectivity index (χ1) is 7.61. The molecule has 0 saturated carbocycles. The summed E-state index contributed by atoms with van der Waals surface area (Å²) in [4.78, 5) is 8.33. The van der Waals surface area contributed by atoms with Crippen LogP contribution in [0.15, 0.2) is 6.07 Å². The number of hydrogen-bond acceptors (Lipinski definition) is 5. The predicted molar refractivity (Wildman–Crippen MR) is 71.9 cm³/mol. The van der Waals surface area contributed by atoms with E-state index in [4.69, 9.17) is 5.73 Å². The molecule has 0 aliphatic carbocycles. The Kier molecular flexibility index (Phi) is 5.38. The van der Waals surface area contributed by atoms with Crippen molar-refractivity contribution in [2.45, 2.75) is 33.2 Å². The van der Waals surface area contributed by atoms with Gasteiger partial charge in [-0.2, -0.15) is 11.8 Å². The van der Waals surface area contributed by atoms with Crippen molar-refractivity contribution in [2.24, 2.45) is 0 Å². The summed E-state index contributed by atoms with van der Waals surface area (Å²) in [6.45, 7) is 6.18. The monoisotopic (exact) mass is 240 g/mol. The fourth-order valence-electron chi connectivity index (χ4n) is 1.39. The molecule has 0 bridgehead atoms. The maximum absolute atomic E-state index is 5.66. The maximum atomic E-state index is 5.66. The fourth-order valence-corrected chi connectivity index (χ4v) is 2.20. The molecule has 1 atom stereocenters. The molecule has 0 amide bonds. The lowest BCUT2D eigenvalue weighted by Gasteiger charge is -2.14. The predicted octanol–water partition coefficient (Wildman–Crippen LogP) is 2.31. The molecule has 0 aromatic carbocycles. The van der Waals surface area contributed by atoms with E-state index in [1.165, 1.54) is 11.5 Å². The van der Waals surface area contributed by atoms with E-state index in [1.54, 1.807) is 6.07 Å². The van der Waals surface area contributed by atoms with E-state index < -0.39 is 0 Å². The van der Waals surface area contributed by atoms with Crippen molar-refractivity contribution in [1.82, 2.24) is 9.97 Å². The zero-order chi connectivity index (χ0) is 12.0. The average Bonchev–Trinajstić information content (AvgIpc) is 2.16. The van der Waals surface area contributed by atoms with Gasteiger partial charge in [-0.05, 0) is 31.8 Å². The Hall–Kier alpha value is -0.970. The van der Waals surface area contributed by atoms with Crippen LogP contribution in [0, 0.1) is 6.92 Å². The first-order valence-corrected chi connectivity index (χ1v) is 6.72. The number of nitrogens with zero attached hydrogens (tertiary/aromatic N) is 2. The van der Waals surface area contributed by atoms with Gasteiger partial charge in [0.15, 0.2) is 0 Å². The summed E-state index contributed by atoms with van der Waals surface area (Å²) < 4.78 is 0. The van der Waals surface area contributed by atoms with Crippen LogP contribution in [0.2, 0.25) is 0 Å². The molecule has 90 valence electrons. The summed E-state index contributed by atoms with van der Waals surface area (Å²) in [7, 11) is 0. The van der Waals surface area contributed by atoms with Crippen LogP contribution >= 0.6 is 11.8 Å². The van der Waals surface area contributed by atoms with Gasteiger partial charge in [0.25, 0.3) is 0 Å². The summed E-state index contributed by atoms with van der Waals surface area (Å²) in [5.41, 5.74) is 5.66. The zero-order valence-electron chi connectivity index (χ0n) is 10.2. The second-order valence-corrected chi connectivity index (χ2v) is 5.15. The Morgan fingerprint density at radius 2 is 2.25 bits per heavy atom. The second-order valence-electron chi connectivity index (χ2n) is 3.76. The van der Waals surface area contributed by atoms with Gasteiger partial charge < -0.3 is 11.1 Å². The van der Waals surface area contributed by atoms with E-state index in [1.807, 2.05) is 18.7 Å². The zero-order valence-corrected chi connectivity index (χ0v) is 11.0. The minimum Gasteiger partial charge on any atom is -0.384 e. The minimum atomic E-state index is 0.410. The molecule has 1 heterocycles. The molecule has 1 aromatic rings. The van der Waals surface area contributed by atoms with Gasteiger partial charge >= 0.3 is 0 Å². The number of rotatable bonds is 6. The molecule has 16 heavy (non-hydrogen) atoms. The molecule has 0 saturated heterocycles. The molecular formula is C11H20N4S. The number of hydrogen-bond donors (Lipinski definition) is 2. The lowest BCUT2D eigenvalue weighted by atomic mass is 10.2. The molecule has 3 N–H and O–H groups in total. The van der Waals surface area contributed by atoms with Crippen molar-refractivity contribution in [3.05, 3.63) is 11.9 Å². The van der Waals surface area contributed by atoms with Crippen molar-refractivity contribution in [3.63, 3.8) is 0 Å². The summed E-state index contributed by atoms with van der Waals surface area (Å²) >= 11 is 1.96. The molecule has 4 nitrogen and oxygen atoms in total. The Balaban J connectivity index is 2.45. The molecule has 1 unspecified atom stereocenters. The highest BCUT2D eigenvalue weighted by molar-refractivity contribution is 7.99. The Morgan fingerprint density at radius 3 is 2.88 bits per heavy atom. The third-order valence-electron chi connectivity index (χ3n) is 2.15. The maximum Gasteiger partial charge on any atom is 0.131 e. The molecule has 0 aliphatic rings. The number of thioether (sulfide) groups is 1. The van der Waals surface area contributed by atoms with Gasteiger partial charge in [0.1, 0.15) is 17.5 Å². The number of nitrogens with one attached hydrogen (secondary N) is 1. The van der Waals surface area contributed by atoms with Gasteiger partial charge in [0, 0.05) is 12.1 Å². The SMILES string of the molecule is CCSCCC(C)Nc1cc(N)nc(C)n1. The van der Waals surface area contributed by atoms with E-state index >= 15 is 0 Å². The van der Waals surface area contributed by atoms with Crippen molar-refractivity contribution in [3.8, 4) is 0 Å². The summed E-state index contributed by atoms with van der Waals surface area (Å²) in [6.07, 6.45) is 1.13. The molecular weight excluding hydrogens is 220 g/mol. The van der Waals surface area contributed by atoms with Gasteiger partial charge in [-0.15, -0.1) is 0 Å². The molecule has 5 heteroatoms. The highest BCUT2D eigenvalue weighted by Gasteiger charge is 2.04. The highest BCUT2D eigenvalue weighted by atomic mass is 32.2. The largest absolute Gasteiger partial charge is 0.384 e. The van der Waals surface area contributed by atoms with Gasteiger partial charge in [-0.3, -0.25) is 0 Å². The molecule has 0 spiro atoms. The van der Waals surface area contributed by atoms with E-state index in [-0.39, 0.29) is 0 Å². The lowest BCUT2D eigenvalue weighted by molar-refractivity contribution is 0.764. The Morgan fingerprint density at radius 1 is 1.50 bits per heavy atom. The normalized spacial score (nSPS) is 12.4. The average molecular weight is 240 g/mol. The van der Waals surface area contributed by atoms with Crippen molar-refractivity contribution in [1.29, 1.82) is 0 Å². The molecule has 1 rings (SSSR count). The van der Waals surface area contributed by atoms with Crippen molar-refractivity contribution < 1.29 is 0 Å². The number of anilines is 2. The Labute approximate surface area is 101 Å². The van der Waals surface area contributed by atoms with Gasteiger partial charge in [0.2, 0.25) is 0 Å². The second kappa shape index (κ2) is 6.58. The molecule has 1 aromatic heterocycles. The number of nitrogens with two attached hydrogens (primary N) is 1. The van der Waals surface area contributed by atoms with Crippen LogP contribution < -0.4 is 11.1 Å². The highest BCUT2D eigenvalue weighted by Crippen LogP contribution is 2.11. The van der Waals surface area contributed by atoms with Crippen LogP contribution in [0.4, 0.5) is 11.6 Å². The van der Waals surface area contributed by atoms with E-state index in [9.17, 15) is 0 Å². The molecule has 0 aliphatic heterocycles. The van der Waals surface area contributed by atoms with Gasteiger partial charge in [-0.25, -0.2) is 9.97 Å². The summed E-state index contributed by atoms with van der Waals surface area (Å²) in [5.74, 6) is 4.39. The third-order valence-corrected chi connectivity index (χ3v) is 3.08. The lowest BCUT2D eigenvalue weighted by Crippen LogP contribution is -2.17. The van der Waals surface area contributed by atoms with Gasteiger partial charge in [-0.1, -0.05) is 6.92 Å². The summed E-state index contributed by atoms with van der Waals surface area (Å²) in [6, 6.07) is 2.18. The van der Waals surface area contributed by atoms with Crippen LogP contribution in [-0.4, -0.2) is 27.5 Å². The third kappa shape index (κ3) is 4.70. The Bertz CT molecular complexity index is 310. The number of aromatic nitrogens is 2. The van der Waals surface area contributed by atoms with Crippen LogP contribution in [0.25, 0.3) is 0 Å². The molecule has 0 fully saturated rings. The summed E-state index contributed by atoms with van der Waals surface area (Å²) in [5, 5.41) is 3.34. The van der Waals surface area contributed by atoms with Crippen molar-refractivity contribution in [2.75, 3.05) is 22.6 Å². The van der Waals surface area contributed by atoms with E-state index in [2.05, 4.69) is 29.1 Å². The van der Waals surface area contributed by atoms with Crippen LogP contribution in [0.5, 0.6) is 0 Å². The van der Waals surface area contributed by atoms with E-state index in [0.717, 1.165) is 12.2 Å². The van der Waals surface area contributed by atoms with Gasteiger partial charge in [0.05, 0.1) is 0 Å². The number of nitrogen functional groups attached to an aromatic ring is 1. The topological polar surface area (TPSA) is 63.8 Å². The quantitative estimate of drug-likeness (QED) is 0.747. The van der Waals surface area contributed by atoms with E-state index in [0.29, 0.717) is 17.7 Å². The van der Waals surface area contributed by atoms with Crippen LogP contribution in [0.1, 0.15) is 26.1 Å². The smallest absolute Gasteiger partial charge is 0.131 e. The first-order valence-electron chi connectivity index (χ1n) is 5.57.